The van der Waals surface area contributed by atoms with Crippen molar-refractivity contribution >= 4 is 5.91 Å². The van der Waals surface area contributed by atoms with Gasteiger partial charge in [-0.1, -0.05) is 30.3 Å². The van der Waals surface area contributed by atoms with Gasteiger partial charge in [-0.2, -0.15) is 0 Å². The lowest BCUT2D eigenvalue weighted by Crippen LogP contribution is -2.39. The fourth-order valence-electron chi connectivity index (χ4n) is 3.30. The van der Waals surface area contributed by atoms with E-state index in [1.165, 1.54) is 18.4 Å². The second kappa shape index (κ2) is 8.91. The topological polar surface area (TPSA) is 50.8 Å². The Morgan fingerprint density at radius 2 is 1.89 bits per heavy atom. The number of hydrogen-bond donors (Lipinski definition) is 1. The molecule has 0 aliphatic heterocycles. The van der Waals surface area contributed by atoms with Crippen LogP contribution >= 0.6 is 0 Å². The Morgan fingerprint density at radius 1 is 1.15 bits per heavy atom. The zero-order valence-corrected chi connectivity index (χ0v) is 16.3. The molecule has 1 atom stereocenters. The maximum absolute atomic E-state index is 12.7. The highest BCUT2D eigenvalue weighted by atomic mass is 16.5. The molecule has 0 radical (unpaired) electrons. The third-order valence-electron chi connectivity index (χ3n) is 4.92. The molecule has 1 unspecified atom stereocenters. The molecule has 0 heterocycles. The summed E-state index contributed by atoms with van der Waals surface area (Å²) < 4.78 is 10.7. The standard InChI is InChI=1S/C22H28N2O3/c1-16(20-13-19(26-2)11-12-21(20)27-3)23-22(25)15-24(18-9-10-18)14-17-7-5-4-6-8-17/h4-8,11-13,16,18H,9-10,14-15H2,1-3H3,(H,23,25). The molecule has 5 heteroatoms. The first-order chi connectivity index (χ1) is 13.1. The molecule has 2 aromatic rings. The van der Waals surface area contributed by atoms with Crippen LogP contribution in [0.3, 0.4) is 0 Å². The third-order valence-corrected chi connectivity index (χ3v) is 4.92. The molecule has 1 fully saturated rings. The highest BCUT2D eigenvalue weighted by molar-refractivity contribution is 5.78. The summed E-state index contributed by atoms with van der Waals surface area (Å²) in [5.74, 6) is 1.51. The molecule has 3 rings (SSSR count). The summed E-state index contributed by atoms with van der Waals surface area (Å²) in [6, 6.07) is 16.3. The van der Waals surface area contributed by atoms with Gasteiger partial charge in [-0.05, 0) is 43.5 Å². The van der Waals surface area contributed by atoms with Gasteiger partial charge >= 0.3 is 0 Å². The Balaban J connectivity index is 1.63. The zero-order chi connectivity index (χ0) is 19.2. The summed E-state index contributed by atoms with van der Waals surface area (Å²) in [7, 11) is 3.26. The summed E-state index contributed by atoms with van der Waals surface area (Å²) in [5.41, 5.74) is 2.14. The van der Waals surface area contributed by atoms with E-state index in [1.807, 2.05) is 43.3 Å². The fourth-order valence-corrected chi connectivity index (χ4v) is 3.30. The highest BCUT2D eigenvalue weighted by Crippen LogP contribution is 2.30. The zero-order valence-electron chi connectivity index (χ0n) is 16.3. The van der Waals surface area contributed by atoms with Crippen molar-refractivity contribution in [2.45, 2.75) is 38.4 Å². The Bertz CT molecular complexity index is 759. The lowest BCUT2D eigenvalue weighted by Gasteiger charge is -2.24. The van der Waals surface area contributed by atoms with Crippen LogP contribution < -0.4 is 14.8 Å². The molecule has 1 N–H and O–H groups in total. The second-order valence-corrected chi connectivity index (χ2v) is 7.02. The van der Waals surface area contributed by atoms with Crippen LogP contribution in [0.1, 0.15) is 36.9 Å². The van der Waals surface area contributed by atoms with Crippen LogP contribution in [0.4, 0.5) is 0 Å². The van der Waals surface area contributed by atoms with Gasteiger partial charge < -0.3 is 14.8 Å². The first-order valence-corrected chi connectivity index (χ1v) is 9.40. The van der Waals surface area contributed by atoms with Gasteiger partial charge in [-0.25, -0.2) is 0 Å². The molecule has 1 aliphatic carbocycles. The smallest absolute Gasteiger partial charge is 0.234 e. The molecular weight excluding hydrogens is 340 g/mol. The second-order valence-electron chi connectivity index (χ2n) is 7.02. The molecular formula is C22H28N2O3. The van der Waals surface area contributed by atoms with Crippen LogP contribution in [0.15, 0.2) is 48.5 Å². The summed E-state index contributed by atoms with van der Waals surface area (Å²) >= 11 is 0. The number of hydrogen-bond acceptors (Lipinski definition) is 4. The molecule has 0 bridgehead atoms. The van der Waals surface area contributed by atoms with E-state index in [1.54, 1.807) is 14.2 Å². The minimum atomic E-state index is -0.166. The van der Waals surface area contributed by atoms with Gasteiger partial charge in [0.2, 0.25) is 5.91 Å². The van der Waals surface area contributed by atoms with Crippen molar-refractivity contribution in [2.24, 2.45) is 0 Å². The lowest BCUT2D eigenvalue weighted by molar-refractivity contribution is -0.123. The molecule has 144 valence electrons. The number of rotatable bonds is 9. The van der Waals surface area contributed by atoms with E-state index in [9.17, 15) is 4.79 Å². The molecule has 27 heavy (non-hydrogen) atoms. The van der Waals surface area contributed by atoms with Crippen molar-refractivity contribution in [1.29, 1.82) is 0 Å². The number of benzene rings is 2. The summed E-state index contributed by atoms with van der Waals surface area (Å²) in [6.45, 7) is 3.17. The lowest BCUT2D eigenvalue weighted by atomic mass is 10.1. The number of carbonyl (C=O) groups excluding carboxylic acids is 1. The van der Waals surface area contributed by atoms with Gasteiger partial charge in [0.05, 0.1) is 26.8 Å². The molecule has 1 amide bonds. The number of nitrogens with one attached hydrogen (secondary N) is 1. The van der Waals surface area contributed by atoms with E-state index in [0.29, 0.717) is 12.6 Å². The maximum atomic E-state index is 12.7. The molecule has 1 aliphatic rings. The van der Waals surface area contributed by atoms with Crippen LogP contribution in [-0.2, 0) is 11.3 Å². The monoisotopic (exact) mass is 368 g/mol. The Kier molecular flexibility index (Phi) is 6.35. The van der Waals surface area contributed by atoms with Gasteiger partial charge in [-0.3, -0.25) is 9.69 Å². The van der Waals surface area contributed by atoms with Crippen LogP contribution in [-0.4, -0.2) is 37.6 Å². The van der Waals surface area contributed by atoms with Gasteiger partial charge in [-0.15, -0.1) is 0 Å². The van der Waals surface area contributed by atoms with E-state index in [4.69, 9.17) is 9.47 Å². The molecule has 1 saturated carbocycles. The largest absolute Gasteiger partial charge is 0.497 e. The Morgan fingerprint density at radius 3 is 2.52 bits per heavy atom. The molecule has 2 aromatic carbocycles. The van der Waals surface area contributed by atoms with E-state index in [-0.39, 0.29) is 11.9 Å². The normalized spacial score (nSPS) is 14.7. The maximum Gasteiger partial charge on any atom is 0.234 e. The highest BCUT2D eigenvalue weighted by Gasteiger charge is 2.30. The first kappa shape index (κ1) is 19.2. The molecule has 5 nitrogen and oxygen atoms in total. The molecule has 0 saturated heterocycles. The molecule has 0 aromatic heterocycles. The van der Waals surface area contributed by atoms with Crippen LogP contribution in [0, 0.1) is 0 Å². The van der Waals surface area contributed by atoms with Gasteiger partial charge in [0, 0.05) is 18.2 Å². The van der Waals surface area contributed by atoms with E-state index in [0.717, 1.165) is 23.6 Å². The van der Waals surface area contributed by atoms with Crippen LogP contribution in [0.25, 0.3) is 0 Å². The van der Waals surface area contributed by atoms with Crippen molar-refractivity contribution in [1.82, 2.24) is 10.2 Å². The van der Waals surface area contributed by atoms with E-state index >= 15 is 0 Å². The Labute approximate surface area is 161 Å². The van der Waals surface area contributed by atoms with Crippen molar-refractivity contribution in [3.63, 3.8) is 0 Å². The quantitative estimate of drug-likeness (QED) is 0.735. The van der Waals surface area contributed by atoms with E-state index in [2.05, 4.69) is 22.3 Å². The Hall–Kier alpha value is -2.53. The number of nitrogens with zero attached hydrogens (tertiary/aromatic N) is 1. The summed E-state index contributed by atoms with van der Waals surface area (Å²) in [4.78, 5) is 15.0. The predicted molar refractivity (Wildman–Crippen MR) is 106 cm³/mol. The average molecular weight is 368 g/mol. The molecule has 0 spiro atoms. The van der Waals surface area contributed by atoms with Crippen LogP contribution in [0.2, 0.25) is 0 Å². The van der Waals surface area contributed by atoms with Crippen molar-refractivity contribution < 1.29 is 14.3 Å². The fraction of sp³-hybridized carbons (Fsp3) is 0.409. The number of ether oxygens (including phenoxy) is 2. The van der Waals surface area contributed by atoms with Crippen molar-refractivity contribution in [3.05, 3.63) is 59.7 Å². The first-order valence-electron chi connectivity index (χ1n) is 9.40. The van der Waals surface area contributed by atoms with Crippen molar-refractivity contribution in [3.8, 4) is 11.5 Å². The van der Waals surface area contributed by atoms with Gasteiger partial charge in [0.15, 0.2) is 0 Å². The van der Waals surface area contributed by atoms with Crippen molar-refractivity contribution in [2.75, 3.05) is 20.8 Å². The third kappa shape index (κ3) is 5.23. The number of methoxy groups -OCH3 is 2. The minimum absolute atomic E-state index is 0.0233. The van der Waals surface area contributed by atoms with Gasteiger partial charge in [0.1, 0.15) is 11.5 Å². The summed E-state index contributed by atoms with van der Waals surface area (Å²) in [6.07, 6.45) is 2.33. The van der Waals surface area contributed by atoms with Gasteiger partial charge in [0.25, 0.3) is 0 Å². The number of carbonyl (C=O) groups is 1. The average Bonchev–Trinajstić information content (AvgIpc) is 3.53. The SMILES string of the molecule is COc1ccc(OC)c(C(C)NC(=O)CN(Cc2ccccc2)C2CC2)c1. The van der Waals surface area contributed by atoms with E-state index < -0.39 is 0 Å². The predicted octanol–water partition coefficient (Wildman–Crippen LogP) is 3.55. The number of amides is 1. The summed E-state index contributed by atoms with van der Waals surface area (Å²) in [5, 5.41) is 3.10. The van der Waals surface area contributed by atoms with Crippen LogP contribution in [0.5, 0.6) is 11.5 Å². The minimum Gasteiger partial charge on any atom is -0.497 e.